The SMILES string of the molecule is C[C@@](N)(C#N)CCC[Si](C)(C)C. The van der Waals surface area contributed by atoms with Crippen molar-refractivity contribution < 1.29 is 0 Å². The third kappa shape index (κ3) is 6.38. The zero-order valence-electron chi connectivity index (χ0n) is 8.65. The molecule has 0 heterocycles. The molecule has 3 heteroatoms. The molecule has 0 bridgehead atoms. The lowest BCUT2D eigenvalue weighted by molar-refractivity contribution is 0.536. The smallest absolute Gasteiger partial charge is 0.101 e. The average molecular weight is 184 g/mol. The third-order valence-electron chi connectivity index (χ3n) is 1.88. The second-order valence-electron chi connectivity index (χ2n) is 4.94. The summed E-state index contributed by atoms with van der Waals surface area (Å²) in [5.74, 6) is 0. The van der Waals surface area contributed by atoms with Crippen molar-refractivity contribution in [3.05, 3.63) is 0 Å². The van der Waals surface area contributed by atoms with Gasteiger partial charge in [-0.05, 0) is 13.3 Å². The molecule has 0 aliphatic rings. The summed E-state index contributed by atoms with van der Waals surface area (Å²) in [5.41, 5.74) is 5.09. The van der Waals surface area contributed by atoms with Gasteiger partial charge in [0, 0.05) is 8.07 Å². The van der Waals surface area contributed by atoms with Crippen LogP contribution in [0.4, 0.5) is 0 Å². The summed E-state index contributed by atoms with van der Waals surface area (Å²) < 4.78 is 0. The van der Waals surface area contributed by atoms with E-state index in [2.05, 4.69) is 25.7 Å². The summed E-state index contributed by atoms with van der Waals surface area (Å²) in [6.07, 6.45) is 1.92. The van der Waals surface area contributed by atoms with Gasteiger partial charge in [0.25, 0.3) is 0 Å². The summed E-state index contributed by atoms with van der Waals surface area (Å²) in [6.45, 7) is 8.82. The highest BCUT2D eigenvalue weighted by Gasteiger charge is 2.19. The molecule has 0 unspecified atom stereocenters. The van der Waals surface area contributed by atoms with Crippen molar-refractivity contribution in [2.75, 3.05) is 0 Å². The zero-order chi connectivity index (χ0) is 9.83. The zero-order valence-corrected chi connectivity index (χ0v) is 9.65. The fourth-order valence-corrected chi connectivity index (χ4v) is 2.28. The van der Waals surface area contributed by atoms with Crippen LogP contribution in [0.25, 0.3) is 0 Å². The Bertz CT molecular complexity index is 174. The standard InChI is InChI=1S/C9H20N2Si/c1-9(11,8-10)6-5-7-12(2,3)4/h5-7,11H2,1-4H3/t9-/m0/s1. The highest BCUT2D eigenvalue weighted by molar-refractivity contribution is 6.76. The molecule has 0 aromatic carbocycles. The fourth-order valence-electron chi connectivity index (χ4n) is 1.04. The summed E-state index contributed by atoms with van der Waals surface area (Å²) in [6, 6.07) is 3.39. The molecule has 0 aromatic rings. The second-order valence-corrected chi connectivity index (χ2v) is 10.6. The molecule has 0 aromatic heterocycles. The Kier molecular flexibility index (Phi) is 3.95. The van der Waals surface area contributed by atoms with Crippen molar-refractivity contribution in [1.82, 2.24) is 0 Å². The van der Waals surface area contributed by atoms with Crippen LogP contribution in [0.1, 0.15) is 19.8 Å². The maximum Gasteiger partial charge on any atom is 0.101 e. The van der Waals surface area contributed by atoms with Crippen LogP contribution in [0.5, 0.6) is 0 Å². The van der Waals surface area contributed by atoms with Crippen LogP contribution >= 0.6 is 0 Å². The number of nitriles is 1. The van der Waals surface area contributed by atoms with E-state index < -0.39 is 13.6 Å². The van der Waals surface area contributed by atoms with Crippen molar-refractivity contribution in [1.29, 1.82) is 5.26 Å². The normalized spacial score (nSPS) is 16.7. The maximum atomic E-state index is 8.66. The van der Waals surface area contributed by atoms with Crippen molar-refractivity contribution in [2.45, 2.75) is 51.0 Å². The van der Waals surface area contributed by atoms with Gasteiger partial charge < -0.3 is 5.73 Å². The Morgan fingerprint density at radius 3 is 2.25 bits per heavy atom. The van der Waals surface area contributed by atoms with E-state index in [0.717, 1.165) is 12.8 Å². The van der Waals surface area contributed by atoms with E-state index in [9.17, 15) is 0 Å². The van der Waals surface area contributed by atoms with Gasteiger partial charge in [-0.15, -0.1) is 0 Å². The number of hydrogen-bond acceptors (Lipinski definition) is 2. The monoisotopic (exact) mass is 184 g/mol. The van der Waals surface area contributed by atoms with Crippen LogP contribution in [0, 0.1) is 11.3 Å². The quantitative estimate of drug-likeness (QED) is 0.682. The number of hydrogen-bond donors (Lipinski definition) is 1. The predicted octanol–water partition coefficient (Wildman–Crippen LogP) is 2.35. The Morgan fingerprint density at radius 1 is 1.42 bits per heavy atom. The minimum atomic E-state index is -0.935. The first kappa shape index (κ1) is 11.7. The first-order valence-corrected chi connectivity index (χ1v) is 8.18. The largest absolute Gasteiger partial charge is 0.314 e. The van der Waals surface area contributed by atoms with Gasteiger partial charge in [0.15, 0.2) is 0 Å². The van der Waals surface area contributed by atoms with Gasteiger partial charge in [0.1, 0.15) is 5.54 Å². The molecule has 0 aliphatic carbocycles. The molecule has 0 rings (SSSR count). The van der Waals surface area contributed by atoms with Crippen molar-refractivity contribution in [2.24, 2.45) is 5.73 Å². The molecule has 70 valence electrons. The highest BCUT2D eigenvalue weighted by Crippen LogP contribution is 2.16. The Hall–Kier alpha value is -0.333. The molecule has 0 radical (unpaired) electrons. The first-order chi connectivity index (χ1) is 5.27. The van der Waals surface area contributed by atoms with Gasteiger partial charge in [-0.25, -0.2) is 0 Å². The Balaban J connectivity index is 3.66. The lowest BCUT2D eigenvalue weighted by Crippen LogP contribution is -2.34. The Labute approximate surface area is 76.8 Å². The van der Waals surface area contributed by atoms with Crippen molar-refractivity contribution >= 4 is 8.07 Å². The van der Waals surface area contributed by atoms with E-state index >= 15 is 0 Å². The lowest BCUT2D eigenvalue weighted by atomic mass is 10.0. The van der Waals surface area contributed by atoms with Crippen LogP contribution in [0.2, 0.25) is 25.7 Å². The van der Waals surface area contributed by atoms with Gasteiger partial charge in [-0.2, -0.15) is 5.26 Å². The lowest BCUT2D eigenvalue weighted by Gasteiger charge is -2.19. The van der Waals surface area contributed by atoms with Gasteiger partial charge in [0.2, 0.25) is 0 Å². The van der Waals surface area contributed by atoms with E-state index in [1.165, 1.54) is 6.04 Å². The minimum Gasteiger partial charge on any atom is -0.314 e. The number of rotatable bonds is 4. The number of nitrogens with zero attached hydrogens (tertiary/aromatic N) is 1. The first-order valence-electron chi connectivity index (χ1n) is 4.47. The summed E-state index contributed by atoms with van der Waals surface area (Å²) in [7, 11) is -0.935. The van der Waals surface area contributed by atoms with Gasteiger partial charge in [0.05, 0.1) is 6.07 Å². The molecule has 12 heavy (non-hydrogen) atoms. The molecule has 0 saturated carbocycles. The summed E-state index contributed by atoms with van der Waals surface area (Å²) in [4.78, 5) is 0. The highest BCUT2D eigenvalue weighted by atomic mass is 28.3. The third-order valence-corrected chi connectivity index (χ3v) is 3.73. The summed E-state index contributed by atoms with van der Waals surface area (Å²) >= 11 is 0. The topological polar surface area (TPSA) is 49.8 Å². The molecule has 2 N–H and O–H groups in total. The fraction of sp³-hybridized carbons (Fsp3) is 0.889. The molecule has 0 fully saturated rings. The van der Waals surface area contributed by atoms with E-state index in [1.807, 2.05) is 0 Å². The molecule has 0 aliphatic heterocycles. The molecule has 0 amide bonds. The van der Waals surface area contributed by atoms with Crippen LogP contribution in [-0.2, 0) is 0 Å². The van der Waals surface area contributed by atoms with E-state index in [1.54, 1.807) is 6.92 Å². The molecule has 1 atom stereocenters. The molecule has 0 spiro atoms. The molecule has 2 nitrogen and oxygen atoms in total. The van der Waals surface area contributed by atoms with Crippen LogP contribution < -0.4 is 5.73 Å². The molecule has 0 saturated heterocycles. The average Bonchev–Trinajstić information content (AvgIpc) is 1.84. The number of nitrogens with two attached hydrogens (primary N) is 1. The maximum absolute atomic E-state index is 8.66. The van der Waals surface area contributed by atoms with E-state index in [-0.39, 0.29) is 0 Å². The van der Waals surface area contributed by atoms with Crippen LogP contribution in [-0.4, -0.2) is 13.6 Å². The van der Waals surface area contributed by atoms with Crippen LogP contribution in [0.15, 0.2) is 0 Å². The van der Waals surface area contributed by atoms with Crippen LogP contribution in [0.3, 0.4) is 0 Å². The molecular weight excluding hydrogens is 164 g/mol. The van der Waals surface area contributed by atoms with E-state index in [0.29, 0.717) is 0 Å². The predicted molar refractivity (Wildman–Crippen MR) is 55.6 cm³/mol. The second kappa shape index (κ2) is 4.06. The molecular formula is C9H20N2Si. The van der Waals surface area contributed by atoms with Crippen molar-refractivity contribution in [3.8, 4) is 6.07 Å². The van der Waals surface area contributed by atoms with Gasteiger partial charge >= 0.3 is 0 Å². The van der Waals surface area contributed by atoms with E-state index in [4.69, 9.17) is 11.0 Å². The van der Waals surface area contributed by atoms with Gasteiger partial charge in [-0.1, -0.05) is 32.1 Å². The van der Waals surface area contributed by atoms with Crippen molar-refractivity contribution in [3.63, 3.8) is 0 Å². The van der Waals surface area contributed by atoms with Gasteiger partial charge in [-0.3, -0.25) is 0 Å². The Morgan fingerprint density at radius 2 is 1.92 bits per heavy atom. The summed E-state index contributed by atoms with van der Waals surface area (Å²) in [5, 5.41) is 8.66. The minimum absolute atomic E-state index is 0.611.